The van der Waals surface area contributed by atoms with Gasteiger partial charge in [0, 0.05) is 12.5 Å². The summed E-state index contributed by atoms with van der Waals surface area (Å²) < 4.78 is 26.8. The fourth-order valence-corrected chi connectivity index (χ4v) is 5.16. The molecule has 0 aromatic heterocycles. The molecule has 204 valence electrons. The highest BCUT2D eigenvalue weighted by atomic mass is 16.6. The van der Waals surface area contributed by atoms with E-state index in [1.165, 1.54) is 0 Å². The Labute approximate surface area is 228 Å². The minimum atomic E-state index is -0.547. The Hall–Kier alpha value is -2.54. The zero-order chi connectivity index (χ0) is 26.8. The second-order valence-electron chi connectivity index (χ2n) is 10.7. The Morgan fingerprint density at radius 3 is 1.68 bits per heavy atom. The topological polar surface area (TPSA) is 40.2 Å². The van der Waals surface area contributed by atoms with Crippen molar-refractivity contribution in [3.05, 3.63) is 108 Å². The SMILES string of the molecule is CCC(C)(OCc1ccccc1)[C@@H]1OC[C@@H](CN(C)C)[C@@H](OCc2ccccc2)[C@H]1OCc1ccccc1. The third-order valence-electron chi connectivity index (χ3n) is 7.46. The van der Waals surface area contributed by atoms with E-state index in [4.69, 9.17) is 18.9 Å². The van der Waals surface area contributed by atoms with Crippen LogP contribution in [0.2, 0.25) is 0 Å². The summed E-state index contributed by atoms with van der Waals surface area (Å²) in [4.78, 5) is 2.20. The van der Waals surface area contributed by atoms with E-state index in [1.807, 2.05) is 42.5 Å². The number of ether oxygens (including phenoxy) is 4. The number of hydrogen-bond acceptors (Lipinski definition) is 5. The van der Waals surface area contributed by atoms with Crippen LogP contribution in [0.15, 0.2) is 91.0 Å². The van der Waals surface area contributed by atoms with Crippen molar-refractivity contribution in [3.63, 3.8) is 0 Å². The van der Waals surface area contributed by atoms with Gasteiger partial charge in [0.1, 0.15) is 12.2 Å². The molecule has 5 heteroatoms. The maximum absolute atomic E-state index is 6.75. The molecule has 5 nitrogen and oxygen atoms in total. The van der Waals surface area contributed by atoms with Crippen LogP contribution in [0, 0.1) is 5.92 Å². The van der Waals surface area contributed by atoms with E-state index in [0.717, 1.165) is 29.7 Å². The molecule has 3 aromatic rings. The maximum atomic E-state index is 6.75. The molecule has 1 fully saturated rings. The summed E-state index contributed by atoms with van der Waals surface area (Å²) >= 11 is 0. The molecule has 1 saturated heterocycles. The average molecular weight is 518 g/mol. The van der Waals surface area contributed by atoms with Crippen LogP contribution in [0.25, 0.3) is 0 Å². The van der Waals surface area contributed by atoms with Crippen molar-refractivity contribution in [3.8, 4) is 0 Å². The summed E-state index contributed by atoms with van der Waals surface area (Å²) in [5.41, 5.74) is 2.88. The minimum absolute atomic E-state index is 0.147. The van der Waals surface area contributed by atoms with Gasteiger partial charge in [-0.25, -0.2) is 0 Å². The first-order valence-electron chi connectivity index (χ1n) is 13.7. The Balaban J connectivity index is 1.61. The summed E-state index contributed by atoms with van der Waals surface area (Å²) in [6.07, 6.45) is 0.0723. The molecule has 0 saturated carbocycles. The zero-order valence-corrected chi connectivity index (χ0v) is 23.3. The van der Waals surface area contributed by atoms with Gasteiger partial charge in [-0.15, -0.1) is 0 Å². The van der Waals surface area contributed by atoms with E-state index in [9.17, 15) is 0 Å². The van der Waals surface area contributed by atoms with Gasteiger partial charge >= 0.3 is 0 Å². The van der Waals surface area contributed by atoms with E-state index in [0.29, 0.717) is 26.4 Å². The molecule has 0 amide bonds. The maximum Gasteiger partial charge on any atom is 0.115 e. The summed E-state index contributed by atoms with van der Waals surface area (Å²) in [6.45, 7) is 7.30. The second kappa shape index (κ2) is 14.0. The van der Waals surface area contributed by atoms with Gasteiger partial charge in [-0.2, -0.15) is 0 Å². The zero-order valence-electron chi connectivity index (χ0n) is 23.3. The van der Waals surface area contributed by atoms with E-state index in [2.05, 4.69) is 81.4 Å². The fourth-order valence-electron chi connectivity index (χ4n) is 5.16. The molecule has 5 atom stereocenters. The molecule has 1 aliphatic rings. The number of nitrogens with zero attached hydrogens (tertiary/aromatic N) is 1. The van der Waals surface area contributed by atoms with Gasteiger partial charge in [0.15, 0.2) is 0 Å². The van der Waals surface area contributed by atoms with Crippen molar-refractivity contribution < 1.29 is 18.9 Å². The molecule has 1 aliphatic heterocycles. The van der Waals surface area contributed by atoms with Crippen LogP contribution < -0.4 is 0 Å². The van der Waals surface area contributed by atoms with Gasteiger partial charge in [-0.1, -0.05) is 97.9 Å². The van der Waals surface area contributed by atoms with Crippen molar-refractivity contribution >= 4 is 0 Å². The van der Waals surface area contributed by atoms with Crippen molar-refractivity contribution in [2.45, 2.75) is 64.0 Å². The lowest BCUT2D eigenvalue weighted by atomic mass is 9.82. The smallest absolute Gasteiger partial charge is 0.115 e. The molecule has 0 spiro atoms. The van der Waals surface area contributed by atoms with Gasteiger partial charge in [-0.3, -0.25) is 0 Å². The van der Waals surface area contributed by atoms with Crippen LogP contribution in [0.1, 0.15) is 37.0 Å². The molecule has 4 rings (SSSR count). The normalized spacial score (nSPS) is 23.3. The van der Waals surface area contributed by atoms with Gasteiger partial charge in [0.25, 0.3) is 0 Å². The molecule has 0 N–H and O–H groups in total. The van der Waals surface area contributed by atoms with Gasteiger partial charge in [-0.05, 0) is 44.1 Å². The van der Waals surface area contributed by atoms with Gasteiger partial charge < -0.3 is 23.8 Å². The van der Waals surface area contributed by atoms with Gasteiger partial charge in [0.05, 0.1) is 38.1 Å². The molecular formula is C33H43NO4. The standard InChI is InChI=1S/C33H43NO4/c1-5-33(2,38-24-28-19-13-8-14-20-28)32-31(36-23-27-17-11-7-12-18-27)30(29(25-37-32)21-34(3)4)35-22-26-15-9-6-10-16-26/h6-20,29-32H,5,21-25H2,1-4H3/t29-,30-,31-,32-,33?/m1/s1. The van der Waals surface area contributed by atoms with Crippen LogP contribution in [0.4, 0.5) is 0 Å². The van der Waals surface area contributed by atoms with Crippen LogP contribution in [-0.4, -0.2) is 56.1 Å². The Morgan fingerprint density at radius 2 is 1.21 bits per heavy atom. The number of hydrogen-bond donors (Lipinski definition) is 0. The van der Waals surface area contributed by atoms with E-state index < -0.39 is 5.60 Å². The highest BCUT2D eigenvalue weighted by Gasteiger charge is 2.50. The molecule has 1 unspecified atom stereocenters. The number of benzene rings is 3. The lowest BCUT2D eigenvalue weighted by molar-refractivity contribution is -0.261. The van der Waals surface area contributed by atoms with Crippen molar-refractivity contribution in [2.24, 2.45) is 5.92 Å². The third kappa shape index (κ3) is 7.75. The summed E-state index contributed by atoms with van der Waals surface area (Å²) in [7, 11) is 4.19. The van der Waals surface area contributed by atoms with Crippen LogP contribution in [-0.2, 0) is 38.8 Å². The Morgan fingerprint density at radius 1 is 0.737 bits per heavy atom. The van der Waals surface area contributed by atoms with Crippen LogP contribution in [0.3, 0.4) is 0 Å². The molecule has 3 aromatic carbocycles. The Bertz CT molecular complexity index is 1060. The molecular weight excluding hydrogens is 474 g/mol. The molecule has 0 bridgehead atoms. The highest BCUT2D eigenvalue weighted by molar-refractivity contribution is 5.16. The molecule has 0 aliphatic carbocycles. The van der Waals surface area contributed by atoms with Crippen molar-refractivity contribution in [1.82, 2.24) is 4.90 Å². The second-order valence-corrected chi connectivity index (χ2v) is 10.7. The van der Waals surface area contributed by atoms with Crippen molar-refractivity contribution in [1.29, 1.82) is 0 Å². The lowest BCUT2D eigenvalue weighted by Crippen LogP contribution is -2.62. The first kappa shape index (κ1) is 28.5. The first-order chi connectivity index (χ1) is 18.5. The third-order valence-corrected chi connectivity index (χ3v) is 7.46. The van der Waals surface area contributed by atoms with Crippen molar-refractivity contribution in [2.75, 3.05) is 27.2 Å². The highest BCUT2D eigenvalue weighted by Crippen LogP contribution is 2.37. The average Bonchev–Trinajstić information content (AvgIpc) is 2.95. The van der Waals surface area contributed by atoms with E-state index in [-0.39, 0.29) is 24.2 Å². The van der Waals surface area contributed by atoms with E-state index in [1.54, 1.807) is 0 Å². The first-order valence-corrected chi connectivity index (χ1v) is 13.7. The summed E-state index contributed by atoms with van der Waals surface area (Å²) in [6, 6.07) is 31.0. The van der Waals surface area contributed by atoms with E-state index >= 15 is 0 Å². The van der Waals surface area contributed by atoms with Crippen LogP contribution >= 0.6 is 0 Å². The van der Waals surface area contributed by atoms with Gasteiger partial charge in [0.2, 0.25) is 0 Å². The summed E-state index contributed by atoms with van der Waals surface area (Å²) in [5, 5.41) is 0. The largest absolute Gasteiger partial charge is 0.372 e. The van der Waals surface area contributed by atoms with Crippen LogP contribution in [0.5, 0.6) is 0 Å². The fraction of sp³-hybridized carbons (Fsp3) is 0.455. The lowest BCUT2D eigenvalue weighted by Gasteiger charge is -2.49. The number of rotatable bonds is 13. The minimum Gasteiger partial charge on any atom is -0.372 e. The quantitative estimate of drug-likeness (QED) is 0.273. The monoisotopic (exact) mass is 517 g/mol. The molecule has 0 radical (unpaired) electrons. The molecule has 38 heavy (non-hydrogen) atoms. The summed E-state index contributed by atoms with van der Waals surface area (Å²) in [5.74, 6) is 0.168. The molecule has 1 heterocycles. The Kier molecular flexibility index (Phi) is 10.5. The predicted molar refractivity (Wildman–Crippen MR) is 152 cm³/mol. The predicted octanol–water partition coefficient (Wildman–Crippen LogP) is 6.12.